The van der Waals surface area contributed by atoms with Crippen LogP contribution < -0.4 is 5.32 Å². The van der Waals surface area contributed by atoms with E-state index in [9.17, 15) is 14.4 Å². The summed E-state index contributed by atoms with van der Waals surface area (Å²) in [6, 6.07) is 15.8. The number of ether oxygens (including phenoxy) is 1. The van der Waals surface area contributed by atoms with Gasteiger partial charge in [-0.25, -0.2) is 0 Å². The molecule has 1 heterocycles. The largest absolute Gasteiger partial charge is 0.469 e. The molecule has 6 nitrogen and oxygen atoms in total. The summed E-state index contributed by atoms with van der Waals surface area (Å²) < 4.78 is 4.78. The predicted molar refractivity (Wildman–Crippen MR) is 101 cm³/mol. The SMILES string of the molecule is COC(=O)C1CCN(C(=O)c2cccc(NC(=O)c3ccccc3)c2)CC1. The summed E-state index contributed by atoms with van der Waals surface area (Å²) in [6.45, 7) is 1.03. The zero-order valence-electron chi connectivity index (χ0n) is 15.2. The van der Waals surface area contributed by atoms with E-state index in [2.05, 4.69) is 5.32 Å². The van der Waals surface area contributed by atoms with Crippen LogP contribution >= 0.6 is 0 Å². The van der Waals surface area contributed by atoms with Gasteiger partial charge >= 0.3 is 5.97 Å². The second-order valence-electron chi connectivity index (χ2n) is 6.49. The number of carbonyl (C=O) groups is 3. The lowest BCUT2D eigenvalue weighted by Crippen LogP contribution is -2.40. The van der Waals surface area contributed by atoms with Crippen LogP contribution in [0.25, 0.3) is 0 Å². The molecule has 0 bridgehead atoms. The fourth-order valence-electron chi connectivity index (χ4n) is 3.19. The number of esters is 1. The van der Waals surface area contributed by atoms with E-state index in [-0.39, 0.29) is 23.7 Å². The van der Waals surface area contributed by atoms with Crippen molar-refractivity contribution >= 4 is 23.5 Å². The topological polar surface area (TPSA) is 75.7 Å². The summed E-state index contributed by atoms with van der Waals surface area (Å²) in [5.41, 5.74) is 1.63. The standard InChI is InChI=1S/C21H22N2O4/c1-27-21(26)16-10-12-23(13-11-16)20(25)17-8-5-9-18(14-17)22-19(24)15-6-3-2-4-7-15/h2-9,14,16H,10-13H2,1H3,(H,22,24). The zero-order valence-corrected chi connectivity index (χ0v) is 15.2. The Kier molecular flexibility index (Phi) is 5.86. The Balaban J connectivity index is 1.64. The molecule has 0 atom stereocenters. The summed E-state index contributed by atoms with van der Waals surface area (Å²) in [5, 5.41) is 2.82. The minimum absolute atomic E-state index is 0.103. The number of rotatable bonds is 4. The molecule has 1 aliphatic rings. The van der Waals surface area contributed by atoms with E-state index in [1.54, 1.807) is 53.4 Å². The van der Waals surface area contributed by atoms with Gasteiger partial charge in [0.1, 0.15) is 0 Å². The van der Waals surface area contributed by atoms with E-state index in [0.29, 0.717) is 42.7 Å². The molecule has 0 spiro atoms. The molecule has 0 unspecified atom stereocenters. The Morgan fingerprint density at radius 2 is 1.63 bits per heavy atom. The third kappa shape index (κ3) is 4.53. The van der Waals surface area contributed by atoms with Gasteiger partial charge in [0, 0.05) is 29.9 Å². The quantitative estimate of drug-likeness (QED) is 0.844. The number of methoxy groups -OCH3 is 1. The van der Waals surface area contributed by atoms with Crippen molar-refractivity contribution in [3.8, 4) is 0 Å². The summed E-state index contributed by atoms with van der Waals surface area (Å²) in [4.78, 5) is 38.4. The molecule has 0 aliphatic carbocycles. The molecule has 1 fully saturated rings. The van der Waals surface area contributed by atoms with Crippen LogP contribution in [0.5, 0.6) is 0 Å². The molecule has 1 N–H and O–H groups in total. The van der Waals surface area contributed by atoms with Crippen LogP contribution in [0.4, 0.5) is 5.69 Å². The van der Waals surface area contributed by atoms with Crippen molar-refractivity contribution in [2.45, 2.75) is 12.8 Å². The Morgan fingerprint density at radius 3 is 2.30 bits per heavy atom. The highest BCUT2D eigenvalue weighted by Gasteiger charge is 2.28. The van der Waals surface area contributed by atoms with Gasteiger partial charge in [0.15, 0.2) is 0 Å². The van der Waals surface area contributed by atoms with Gasteiger partial charge in [-0.2, -0.15) is 0 Å². The van der Waals surface area contributed by atoms with E-state index in [4.69, 9.17) is 4.74 Å². The maximum Gasteiger partial charge on any atom is 0.308 e. The number of likely N-dealkylation sites (tertiary alicyclic amines) is 1. The summed E-state index contributed by atoms with van der Waals surface area (Å²) in [6.07, 6.45) is 1.20. The second kappa shape index (κ2) is 8.49. The Labute approximate surface area is 158 Å². The summed E-state index contributed by atoms with van der Waals surface area (Å²) >= 11 is 0. The van der Waals surface area contributed by atoms with Crippen LogP contribution in [0.3, 0.4) is 0 Å². The van der Waals surface area contributed by atoms with Crippen molar-refractivity contribution in [3.63, 3.8) is 0 Å². The molecular weight excluding hydrogens is 344 g/mol. The van der Waals surface area contributed by atoms with Crippen LogP contribution in [0.1, 0.15) is 33.6 Å². The van der Waals surface area contributed by atoms with Gasteiger partial charge in [-0.3, -0.25) is 14.4 Å². The number of amides is 2. The number of nitrogens with zero attached hydrogens (tertiary/aromatic N) is 1. The highest BCUT2D eigenvalue weighted by Crippen LogP contribution is 2.21. The average molecular weight is 366 g/mol. The van der Waals surface area contributed by atoms with Crippen molar-refractivity contribution in [1.82, 2.24) is 4.90 Å². The van der Waals surface area contributed by atoms with Gasteiger partial charge in [-0.05, 0) is 43.2 Å². The number of benzene rings is 2. The van der Waals surface area contributed by atoms with E-state index >= 15 is 0 Å². The van der Waals surface area contributed by atoms with Gasteiger partial charge in [0.05, 0.1) is 13.0 Å². The van der Waals surface area contributed by atoms with Crippen LogP contribution in [0, 0.1) is 5.92 Å². The van der Waals surface area contributed by atoms with Gasteiger partial charge in [0.2, 0.25) is 0 Å². The summed E-state index contributed by atoms with van der Waals surface area (Å²) in [7, 11) is 1.38. The van der Waals surface area contributed by atoms with Crippen molar-refractivity contribution in [2.75, 3.05) is 25.5 Å². The summed E-state index contributed by atoms with van der Waals surface area (Å²) in [5.74, 6) is -0.684. The third-order valence-corrected chi connectivity index (χ3v) is 4.72. The van der Waals surface area contributed by atoms with Gasteiger partial charge in [-0.1, -0.05) is 24.3 Å². The lowest BCUT2D eigenvalue weighted by atomic mass is 9.96. The minimum Gasteiger partial charge on any atom is -0.469 e. The second-order valence-corrected chi connectivity index (χ2v) is 6.49. The van der Waals surface area contributed by atoms with Crippen LogP contribution in [-0.4, -0.2) is 42.9 Å². The Hall–Kier alpha value is -3.15. The van der Waals surface area contributed by atoms with Gasteiger partial charge in [-0.15, -0.1) is 0 Å². The van der Waals surface area contributed by atoms with E-state index < -0.39 is 0 Å². The van der Waals surface area contributed by atoms with Gasteiger partial charge < -0.3 is 15.0 Å². The van der Waals surface area contributed by atoms with Gasteiger partial charge in [0.25, 0.3) is 11.8 Å². The number of nitrogens with one attached hydrogen (secondary N) is 1. The third-order valence-electron chi connectivity index (χ3n) is 4.72. The molecule has 2 aromatic carbocycles. The normalized spacial score (nSPS) is 14.5. The molecule has 140 valence electrons. The molecular formula is C21H22N2O4. The number of hydrogen-bond donors (Lipinski definition) is 1. The molecule has 1 aliphatic heterocycles. The van der Waals surface area contributed by atoms with E-state index in [1.165, 1.54) is 7.11 Å². The number of piperidine rings is 1. The highest BCUT2D eigenvalue weighted by molar-refractivity contribution is 6.05. The molecule has 1 saturated heterocycles. The molecule has 2 aromatic rings. The highest BCUT2D eigenvalue weighted by atomic mass is 16.5. The number of carbonyl (C=O) groups excluding carboxylic acids is 3. The minimum atomic E-state index is -0.223. The molecule has 3 rings (SSSR count). The number of anilines is 1. The molecule has 0 radical (unpaired) electrons. The van der Waals surface area contributed by atoms with Crippen LogP contribution in [-0.2, 0) is 9.53 Å². The zero-order chi connectivity index (χ0) is 19.2. The fraction of sp³-hybridized carbons (Fsp3) is 0.286. The van der Waals surface area contributed by atoms with Crippen molar-refractivity contribution in [1.29, 1.82) is 0 Å². The molecule has 27 heavy (non-hydrogen) atoms. The van der Waals surface area contributed by atoms with E-state index in [1.807, 2.05) is 6.07 Å². The van der Waals surface area contributed by atoms with E-state index in [0.717, 1.165) is 0 Å². The molecule has 0 saturated carbocycles. The fourth-order valence-corrected chi connectivity index (χ4v) is 3.19. The Bertz CT molecular complexity index is 827. The average Bonchev–Trinajstić information content (AvgIpc) is 2.73. The predicted octanol–water partition coefficient (Wildman–Crippen LogP) is 2.96. The first-order chi connectivity index (χ1) is 13.1. The smallest absolute Gasteiger partial charge is 0.308 e. The first kappa shape index (κ1) is 18.6. The maximum absolute atomic E-state index is 12.8. The monoisotopic (exact) mass is 366 g/mol. The van der Waals surface area contributed by atoms with Crippen molar-refractivity contribution in [2.24, 2.45) is 5.92 Å². The maximum atomic E-state index is 12.8. The first-order valence-electron chi connectivity index (χ1n) is 8.92. The lowest BCUT2D eigenvalue weighted by Gasteiger charge is -2.30. The molecule has 2 amide bonds. The van der Waals surface area contributed by atoms with Crippen molar-refractivity contribution < 1.29 is 19.1 Å². The number of hydrogen-bond acceptors (Lipinski definition) is 4. The molecule has 0 aromatic heterocycles. The first-order valence-corrected chi connectivity index (χ1v) is 8.92. The van der Waals surface area contributed by atoms with Crippen LogP contribution in [0.15, 0.2) is 54.6 Å². The Morgan fingerprint density at radius 1 is 0.963 bits per heavy atom. The lowest BCUT2D eigenvalue weighted by molar-refractivity contribution is -0.146. The van der Waals surface area contributed by atoms with Crippen LogP contribution in [0.2, 0.25) is 0 Å². The van der Waals surface area contributed by atoms with Crippen molar-refractivity contribution in [3.05, 3.63) is 65.7 Å². The molecule has 6 heteroatoms.